The van der Waals surface area contributed by atoms with Crippen molar-refractivity contribution in [1.29, 1.82) is 0 Å². The Morgan fingerprint density at radius 2 is 2.45 bits per heavy atom. The maximum absolute atomic E-state index is 12.4. The normalized spacial score (nSPS) is 22.0. The Kier molecular flexibility index (Phi) is 4.52. The summed E-state index contributed by atoms with van der Waals surface area (Å²) < 4.78 is 0. The third kappa shape index (κ3) is 3.35. The number of carbonyl (C=O) groups is 1. The molecule has 118 valence electrons. The van der Waals surface area contributed by atoms with E-state index in [1.54, 1.807) is 11.3 Å². The minimum Gasteiger partial charge on any atom is -0.342 e. The molecule has 0 spiro atoms. The zero-order chi connectivity index (χ0) is 15.4. The molecule has 1 amide bonds. The molecule has 3 heterocycles. The van der Waals surface area contributed by atoms with Crippen LogP contribution >= 0.6 is 11.3 Å². The zero-order valence-corrected chi connectivity index (χ0v) is 13.6. The van der Waals surface area contributed by atoms with Crippen LogP contribution in [0.3, 0.4) is 0 Å². The SMILES string of the molecule is CC1(c2nn[nH]n2)CCCN(C(=O)CCCc2cccs2)C1. The lowest BCUT2D eigenvalue weighted by atomic mass is 9.81. The molecule has 0 bridgehead atoms. The van der Waals surface area contributed by atoms with Crippen LogP contribution in [0.15, 0.2) is 17.5 Å². The first kappa shape index (κ1) is 15.1. The first-order chi connectivity index (χ1) is 10.7. The second kappa shape index (κ2) is 6.56. The molecule has 22 heavy (non-hydrogen) atoms. The molecule has 0 saturated carbocycles. The van der Waals surface area contributed by atoms with Crippen LogP contribution in [0.1, 0.15) is 43.3 Å². The van der Waals surface area contributed by atoms with E-state index in [1.807, 2.05) is 4.90 Å². The third-order valence-corrected chi connectivity index (χ3v) is 5.26. The van der Waals surface area contributed by atoms with Gasteiger partial charge in [0.1, 0.15) is 0 Å². The van der Waals surface area contributed by atoms with Gasteiger partial charge in [0.05, 0.1) is 0 Å². The lowest BCUT2D eigenvalue weighted by molar-refractivity contribution is -0.133. The summed E-state index contributed by atoms with van der Waals surface area (Å²) >= 11 is 1.76. The van der Waals surface area contributed by atoms with Crippen LogP contribution in [0, 0.1) is 0 Å². The van der Waals surface area contributed by atoms with Crippen LogP contribution < -0.4 is 0 Å². The molecule has 0 radical (unpaired) electrons. The monoisotopic (exact) mass is 319 g/mol. The summed E-state index contributed by atoms with van der Waals surface area (Å²) in [5.74, 6) is 0.953. The quantitative estimate of drug-likeness (QED) is 0.916. The minimum absolute atomic E-state index is 0.186. The summed E-state index contributed by atoms with van der Waals surface area (Å²) in [5.41, 5.74) is -0.186. The summed E-state index contributed by atoms with van der Waals surface area (Å²) in [6.07, 6.45) is 4.49. The summed E-state index contributed by atoms with van der Waals surface area (Å²) in [6.45, 7) is 3.64. The lowest BCUT2D eigenvalue weighted by Gasteiger charge is -2.38. The molecular weight excluding hydrogens is 298 g/mol. The summed E-state index contributed by atoms with van der Waals surface area (Å²) in [4.78, 5) is 15.8. The highest BCUT2D eigenvalue weighted by Gasteiger charge is 2.37. The first-order valence-corrected chi connectivity index (χ1v) is 8.59. The number of H-pyrrole nitrogens is 1. The summed E-state index contributed by atoms with van der Waals surface area (Å²) in [7, 11) is 0. The Balaban J connectivity index is 1.54. The molecule has 2 aromatic rings. The van der Waals surface area contributed by atoms with Gasteiger partial charge in [-0.3, -0.25) is 4.79 Å². The van der Waals surface area contributed by atoms with Crippen molar-refractivity contribution in [3.8, 4) is 0 Å². The van der Waals surface area contributed by atoms with Crippen molar-refractivity contribution < 1.29 is 4.79 Å². The summed E-state index contributed by atoms with van der Waals surface area (Å²) in [5, 5.41) is 16.5. The predicted octanol–water partition coefficient (Wildman–Crippen LogP) is 2.16. The average Bonchev–Trinajstić information content (AvgIpc) is 3.21. The fourth-order valence-electron chi connectivity index (χ4n) is 3.08. The number of carbonyl (C=O) groups excluding carboxylic acids is 1. The van der Waals surface area contributed by atoms with Crippen LogP contribution in [0.25, 0.3) is 0 Å². The number of tetrazole rings is 1. The van der Waals surface area contributed by atoms with Crippen LogP contribution in [-0.2, 0) is 16.6 Å². The van der Waals surface area contributed by atoms with E-state index in [2.05, 4.69) is 45.1 Å². The summed E-state index contributed by atoms with van der Waals surface area (Å²) in [6, 6.07) is 4.19. The first-order valence-electron chi connectivity index (χ1n) is 7.71. The van der Waals surface area contributed by atoms with Crippen molar-refractivity contribution in [2.24, 2.45) is 0 Å². The standard InChI is InChI=1S/C15H21N5OS/c1-15(14-16-18-19-17-14)8-4-9-20(11-15)13(21)7-2-5-12-6-3-10-22-12/h3,6,10H,2,4-5,7-9,11H2,1H3,(H,16,17,18,19). The van der Waals surface area contributed by atoms with Crippen molar-refractivity contribution in [1.82, 2.24) is 25.5 Å². The van der Waals surface area contributed by atoms with Gasteiger partial charge in [0.15, 0.2) is 5.82 Å². The number of nitrogens with zero attached hydrogens (tertiary/aromatic N) is 4. The second-order valence-electron chi connectivity index (χ2n) is 6.15. The Bertz CT molecular complexity index is 597. The number of aromatic amines is 1. The average molecular weight is 319 g/mol. The van der Waals surface area contributed by atoms with E-state index in [0.717, 1.165) is 32.2 Å². The third-order valence-electron chi connectivity index (χ3n) is 4.33. The zero-order valence-electron chi connectivity index (χ0n) is 12.8. The molecule has 3 rings (SSSR count). The van der Waals surface area contributed by atoms with Crippen LogP contribution in [0.5, 0.6) is 0 Å². The maximum atomic E-state index is 12.4. The van der Waals surface area contributed by atoms with E-state index in [1.165, 1.54) is 4.88 Å². The van der Waals surface area contributed by atoms with Crippen molar-refractivity contribution in [3.63, 3.8) is 0 Å². The number of hydrogen-bond acceptors (Lipinski definition) is 5. The number of amides is 1. The van der Waals surface area contributed by atoms with Gasteiger partial charge in [-0.15, -0.1) is 21.5 Å². The number of nitrogens with one attached hydrogen (secondary N) is 1. The molecule has 1 aliphatic rings. The topological polar surface area (TPSA) is 74.8 Å². The molecule has 0 aliphatic carbocycles. The van der Waals surface area contributed by atoms with Crippen LogP contribution in [0.2, 0.25) is 0 Å². The highest BCUT2D eigenvalue weighted by molar-refractivity contribution is 7.09. The molecule has 1 fully saturated rings. The van der Waals surface area contributed by atoms with Gasteiger partial charge in [0.2, 0.25) is 5.91 Å². The largest absolute Gasteiger partial charge is 0.342 e. The van der Waals surface area contributed by atoms with Gasteiger partial charge in [-0.2, -0.15) is 5.21 Å². The van der Waals surface area contributed by atoms with Gasteiger partial charge in [-0.25, -0.2) is 0 Å². The Hall–Kier alpha value is -1.76. The van der Waals surface area contributed by atoms with Crippen molar-refractivity contribution in [2.45, 2.75) is 44.4 Å². The highest BCUT2D eigenvalue weighted by atomic mass is 32.1. The van der Waals surface area contributed by atoms with E-state index in [0.29, 0.717) is 18.8 Å². The van der Waals surface area contributed by atoms with Gasteiger partial charge in [-0.05, 0) is 37.1 Å². The molecule has 1 unspecified atom stereocenters. The Morgan fingerprint density at radius 3 is 3.18 bits per heavy atom. The van der Waals surface area contributed by atoms with E-state index >= 15 is 0 Å². The van der Waals surface area contributed by atoms with E-state index in [4.69, 9.17) is 0 Å². The fraction of sp³-hybridized carbons (Fsp3) is 0.600. The highest BCUT2D eigenvalue weighted by Crippen LogP contribution is 2.31. The number of piperidine rings is 1. The van der Waals surface area contributed by atoms with Crippen LogP contribution in [0.4, 0.5) is 0 Å². The van der Waals surface area contributed by atoms with Gasteiger partial charge >= 0.3 is 0 Å². The van der Waals surface area contributed by atoms with Crippen molar-refractivity contribution >= 4 is 17.2 Å². The maximum Gasteiger partial charge on any atom is 0.222 e. The predicted molar refractivity (Wildman–Crippen MR) is 84.6 cm³/mol. The Labute approximate surface area is 133 Å². The van der Waals surface area contributed by atoms with E-state index < -0.39 is 0 Å². The smallest absolute Gasteiger partial charge is 0.222 e. The lowest BCUT2D eigenvalue weighted by Crippen LogP contribution is -2.47. The van der Waals surface area contributed by atoms with Gasteiger partial charge < -0.3 is 4.90 Å². The molecular formula is C15H21N5OS. The number of aromatic nitrogens is 4. The molecule has 1 saturated heterocycles. The van der Waals surface area contributed by atoms with Gasteiger partial charge in [0.25, 0.3) is 0 Å². The van der Waals surface area contributed by atoms with Gasteiger partial charge in [-0.1, -0.05) is 18.2 Å². The minimum atomic E-state index is -0.186. The number of likely N-dealkylation sites (tertiary alicyclic amines) is 1. The van der Waals surface area contributed by atoms with Crippen molar-refractivity contribution in [2.75, 3.05) is 13.1 Å². The molecule has 0 aromatic carbocycles. The van der Waals surface area contributed by atoms with Crippen LogP contribution in [-0.4, -0.2) is 44.5 Å². The van der Waals surface area contributed by atoms with Crippen molar-refractivity contribution in [3.05, 3.63) is 28.2 Å². The molecule has 6 nitrogen and oxygen atoms in total. The number of hydrogen-bond donors (Lipinski definition) is 1. The Morgan fingerprint density at radius 1 is 1.55 bits per heavy atom. The van der Waals surface area contributed by atoms with E-state index in [-0.39, 0.29) is 11.3 Å². The molecule has 7 heteroatoms. The second-order valence-corrected chi connectivity index (χ2v) is 7.18. The van der Waals surface area contributed by atoms with E-state index in [9.17, 15) is 4.79 Å². The van der Waals surface area contributed by atoms with Gasteiger partial charge in [0, 0.05) is 29.8 Å². The number of rotatable bonds is 5. The number of aryl methyl sites for hydroxylation is 1. The fourth-order valence-corrected chi connectivity index (χ4v) is 3.83. The number of thiophene rings is 1. The molecule has 1 aliphatic heterocycles. The molecule has 1 N–H and O–H groups in total. The molecule has 2 aromatic heterocycles. The molecule has 1 atom stereocenters.